The number of para-hydroxylation sites is 2. The Morgan fingerprint density at radius 2 is 0.811 bits per heavy atom. The minimum absolute atomic E-state index is 0.0970. The Morgan fingerprint density at radius 1 is 0.541 bits per heavy atom. The highest BCUT2D eigenvalue weighted by Gasteiger charge is 2.45. The lowest BCUT2D eigenvalue weighted by atomic mass is 9.93. The molecule has 0 atom stereocenters. The molecular formula is C34H51N2P. The summed E-state index contributed by atoms with van der Waals surface area (Å²) in [5, 5.41) is 8.36. The summed E-state index contributed by atoms with van der Waals surface area (Å²) in [5.41, 5.74) is 14.1. The van der Waals surface area contributed by atoms with Crippen LogP contribution in [0.3, 0.4) is 0 Å². The normalized spacial score (nSPS) is 15.8. The number of rotatable bonds is 9. The minimum Gasteiger partial charge on any atom is -0.346 e. The maximum Gasteiger partial charge on any atom is 0.105 e. The smallest absolute Gasteiger partial charge is 0.105 e. The van der Waals surface area contributed by atoms with E-state index in [9.17, 15) is 0 Å². The van der Waals surface area contributed by atoms with Crippen molar-refractivity contribution in [1.29, 1.82) is 0 Å². The third kappa shape index (κ3) is 5.42. The zero-order valence-corrected chi connectivity index (χ0v) is 26.6. The third-order valence-corrected chi connectivity index (χ3v) is 11.2. The molecule has 37 heavy (non-hydrogen) atoms. The molecule has 202 valence electrons. The van der Waals surface area contributed by atoms with Crippen molar-refractivity contribution in [3.8, 4) is 0 Å². The number of hydrogen-bond acceptors (Lipinski definition) is 2. The van der Waals surface area contributed by atoms with Crippen molar-refractivity contribution in [1.82, 2.24) is 0 Å². The molecule has 2 aromatic carbocycles. The minimum atomic E-state index is -0.908. The van der Waals surface area contributed by atoms with Gasteiger partial charge in [-0.15, -0.1) is 0 Å². The van der Waals surface area contributed by atoms with Gasteiger partial charge in [0.05, 0.1) is 5.16 Å². The van der Waals surface area contributed by atoms with E-state index in [1.807, 2.05) is 0 Å². The van der Waals surface area contributed by atoms with Gasteiger partial charge in [0.25, 0.3) is 0 Å². The van der Waals surface area contributed by atoms with E-state index >= 15 is 0 Å². The SMILES string of the molecule is CC1=C(C)C(C)(P(Nc2c(C(C)C)cccc2C(C)C)Nc2c(C(C)C)cccc2C(C)C)C(C)=C1C. The third-order valence-electron chi connectivity index (χ3n) is 8.79. The van der Waals surface area contributed by atoms with E-state index in [-0.39, 0.29) is 5.16 Å². The Hall–Kier alpha value is -2.05. The molecule has 0 amide bonds. The molecule has 0 fully saturated rings. The zero-order chi connectivity index (χ0) is 27.8. The molecule has 0 unspecified atom stereocenters. The highest BCUT2D eigenvalue weighted by Crippen LogP contribution is 2.62. The van der Waals surface area contributed by atoms with E-state index in [4.69, 9.17) is 0 Å². The molecule has 0 radical (unpaired) electrons. The second kappa shape index (κ2) is 11.4. The number of allylic oxidation sites excluding steroid dienone is 4. The standard InChI is InChI=1S/C34H51N2P/c1-20(2)28-16-14-17-29(21(3)4)32(28)35-37(34(13)26(11)24(9)25(10)27(34)12)36-33-30(22(5)6)18-15-19-31(33)23(7)8/h14-23,35-36H,1-13H3. The van der Waals surface area contributed by atoms with Crippen LogP contribution in [0.1, 0.15) is 136 Å². The van der Waals surface area contributed by atoms with Crippen LogP contribution in [0.2, 0.25) is 0 Å². The summed E-state index contributed by atoms with van der Waals surface area (Å²) >= 11 is 0. The highest BCUT2D eigenvalue weighted by molar-refractivity contribution is 7.63. The Kier molecular flexibility index (Phi) is 9.06. The van der Waals surface area contributed by atoms with Crippen molar-refractivity contribution < 1.29 is 0 Å². The summed E-state index contributed by atoms with van der Waals surface area (Å²) in [6.07, 6.45) is 0. The fourth-order valence-electron chi connectivity index (χ4n) is 5.74. The summed E-state index contributed by atoms with van der Waals surface area (Å²) < 4.78 is 0. The van der Waals surface area contributed by atoms with Crippen LogP contribution in [0, 0.1) is 0 Å². The van der Waals surface area contributed by atoms with E-state index in [1.54, 1.807) is 0 Å². The van der Waals surface area contributed by atoms with E-state index in [0.717, 1.165) is 0 Å². The molecule has 0 bridgehead atoms. The molecular weight excluding hydrogens is 467 g/mol. The molecule has 0 spiro atoms. The molecule has 3 rings (SSSR count). The van der Waals surface area contributed by atoms with Crippen LogP contribution < -0.4 is 10.2 Å². The maximum absolute atomic E-state index is 4.23. The van der Waals surface area contributed by atoms with Crippen molar-refractivity contribution >= 4 is 19.6 Å². The summed E-state index contributed by atoms with van der Waals surface area (Å²) in [5.74, 6) is 1.78. The van der Waals surface area contributed by atoms with Crippen molar-refractivity contribution in [2.75, 3.05) is 10.2 Å². The summed E-state index contributed by atoms with van der Waals surface area (Å²) in [6, 6.07) is 13.7. The van der Waals surface area contributed by atoms with E-state index in [2.05, 4.69) is 137 Å². The van der Waals surface area contributed by atoms with Gasteiger partial charge in [-0.3, -0.25) is 0 Å². The number of hydrogen-bond donors (Lipinski definition) is 2. The molecule has 2 N–H and O–H groups in total. The van der Waals surface area contributed by atoms with E-state index in [0.29, 0.717) is 23.7 Å². The quantitative estimate of drug-likeness (QED) is 0.323. The lowest BCUT2D eigenvalue weighted by molar-refractivity contribution is 0.832. The van der Waals surface area contributed by atoms with Gasteiger partial charge in [0.1, 0.15) is 8.22 Å². The molecule has 0 aliphatic heterocycles. The van der Waals surface area contributed by atoms with Crippen LogP contribution in [0.5, 0.6) is 0 Å². The summed E-state index contributed by atoms with van der Waals surface area (Å²) in [7, 11) is -0.908. The van der Waals surface area contributed by atoms with Crippen molar-refractivity contribution in [2.24, 2.45) is 0 Å². The summed E-state index contributed by atoms with van der Waals surface area (Å²) in [6.45, 7) is 30.3. The second-order valence-electron chi connectivity index (χ2n) is 12.4. The van der Waals surface area contributed by atoms with Gasteiger partial charge in [-0.2, -0.15) is 0 Å². The fraction of sp³-hybridized carbons (Fsp3) is 0.529. The lowest BCUT2D eigenvalue weighted by Gasteiger charge is -2.41. The van der Waals surface area contributed by atoms with Crippen LogP contribution in [0.15, 0.2) is 58.7 Å². The van der Waals surface area contributed by atoms with Gasteiger partial charge in [-0.25, -0.2) is 0 Å². The average molecular weight is 519 g/mol. The van der Waals surface area contributed by atoms with E-state index < -0.39 is 8.22 Å². The van der Waals surface area contributed by atoms with E-state index in [1.165, 1.54) is 55.9 Å². The summed E-state index contributed by atoms with van der Waals surface area (Å²) in [4.78, 5) is 0. The molecule has 0 aromatic heterocycles. The Morgan fingerprint density at radius 3 is 1.05 bits per heavy atom. The first-order valence-electron chi connectivity index (χ1n) is 14.2. The van der Waals surface area contributed by atoms with Crippen molar-refractivity contribution in [2.45, 2.75) is 119 Å². The molecule has 0 heterocycles. The largest absolute Gasteiger partial charge is 0.346 e. The molecule has 2 nitrogen and oxygen atoms in total. The topological polar surface area (TPSA) is 24.1 Å². The fourth-order valence-corrected chi connectivity index (χ4v) is 8.22. The monoisotopic (exact) mass is 518 g/mol. The second-order valence-corrected chi connectivity index (χ2v) is 14.4. The van der Waals surface area contributed by atoms with Gasteiger partial charge < -0.3 is 10.2 Å². The maximum atomic E-state index is 4.23. The van der Waals surface area contributed by atoms with Gasteiger partial charge in [0, 0.05) is 11.4 Å². The molecule has 2 aromatic rings. The van der Waals surface area contributed by atoms with Gasteiger partial charge in [-0.1, -0.05) is 103 Å². The molecule has 3 heteroatoms. The first-order chi connectivity index (χ1) is 17.2. The van der Waals surface area contributed by atoms with Crippen LogP contribution in [0.25, 0.3) is 0 Å². The van der Waals surface area contributed by atoms with Crippen molar-refractivity contribution in [3.63, 3.8) is 0 Å². The van der Waals surface area contributed by atoms with Crippen LogP contribution in [-0.4, -0.2) is 5.16 Å². The molecule has 1 aliphatic carbocycles. The molecule has 1 aliphatic rings. The van der Waals surface area contributed by atoms with Gasteiger partial charge in [0.15, 0.2) is 0 Å². The lowest BCUT2D eigenvalue weighted by Crippen LogP contribution is -2.31. The van der Waals surface area contributed by atoms with Crippen LogP contribution in [-0.2, 0) is 0 Å². The van der Waals surface area contributed by atoms with Crippen LogP contribution in [0.4, 0.5) is 11.4 Å². The molecule has 0 saturated heterocycles. The number of anilines is 2. The average Bonchev–Trinajstić information content (AvgIpc) is 2.98. The van der Waals surface area contributed by atoms with Gasteiger partial charge in [0.2, 0.25) is 0 Å². The first kappa shape index (κ1) is 29.5. The highest BCUT2D eigenvalue weighted by atomic mass is 31.1. The Bertz CT molecular complexity index is 1050. The van der Waals surface area contributed by atoms with Gasteiger partial charge in [-0.05, 0) is 91.7 Å². The Labute approximate surface area is 229 Å². The Balaban J connectivity index is 2.30. The van der Waals surface area contributed by atoms with Gasteiger partial charge >= 0.3 is 0 Å². The molecule has 0 saturated carbocycles. The van der Waals surface area contributed by atoms with Crippen LogP contribution >= 0.6 is 8.22 Å². The first-order valence-corrected chi connectivity index (χ1v) is 15.5. The zero-order valence-electron chi connectivity index (χ0n) is 25.7. The number of nitrogens with one attached hydrogen (secondary N) is 2. The predicted octanol–water partition coefficient (Wildman–Crippen LogP) is 11.5. The van der Waals surface area contributed by atoms with Crippen molar-refractivity contribution in [3.05, 3.63) is 80.9 Å². The predicted molar refractivity (Wildman–Crippen MR) is 169 cm³/mol. The number of benzene rings is 2.